The van der Waals surface area contributed by atoms with Crippen LogP contribution in [0, 0.1) is 12.8 Å². The van der Waals surface area contributed by atoms with Crippen LogP contribution in [0.5, 0.6) is 0 Å². The van der Waals surface area contributed by atoms with Gasteiger partial charge in [0.1, 0.15) is 6.23 Å². The maximum Gasteiger partial charge on any atom is 0.227 e. The number of rotatable bonds is 1. The van der Waals surface area contributed by atoms with Crippen molar-refractivity contribution in [2.75, 3.05) is 44.1 Å². The highest BCUT2D eigenvalue weighted by molar-refractivity contribution is 5.66. The first-order valence-electron chi connectivity index (χ1n) is 14.5. The Morgan fingerprint density at radius 2 is 1.82 bits per heavy atom. The normalized spacial score (nSPS) is 22.1. The van der Waals surface area contributed by atoms with Gasteiger partial charge < -0.3 is 15.3 Å². The number of aromatic nitrogens is 2. The first-order chi connectivity index (χ1) is 19.5. The molecule has 4 heterocycles. The predicted octanol–water partition coefficient (Wildman–Crippen LogP) is 5.47. The maximum absolute atomic E-state index is 13.5. The van der Waals surface area contributed by atoms with Crippen molar-refractivity contribution in [1.29, 1.82) is 0 Å². The number of aliphatic hydroxyl groups is 1. The lowest BCUT2D eigenvalue weighted by molar-refractivity contribution is 0.0338. The highest BCUT2D eigenvalue weighted by atomic mass is 19.2. The molecule has 0 saturated carbocycles. The monoisotopic (exact) mass is 549 g/mol. The van der Waals surface area contributed by atoms with Gasteiger partial charge in [-0.1, -0.05) is 26.0 Å². The Kier molecular flexibility index (Phi) is 10.8. The zero-order valence-corrected chi connectivity index (χ0v) is 24.3. The highest BCUT2D eigenvalue weighted by Gasteiger charge is 2.25. The predicted molar refractivity (Wildman–Crippen MR) is 161 cm³/mol. The van der Waals surface area contributed by atoms with Crippen LogP contribution in [0.2, 0.25) is 0 Å². The molecule has 2 aromatic carbocycles. The second-order valence-corrected chi connectivity index (χ2v) is 10.6. The third kappa shape index (κ3) is 7.97. The molecule has 1 fully saturated rings. The fraction of sp³-hybridized carbons (Fsp3) is 0.484. The molecule has 40 heavy (non-hydrogen) atoms. The standard InChI is InChI=1S/C29H38FN7O.C2H6/c1-20-4-5-23-16-24(20)19-36(2)11-3-9-31-28(38)22-7-12-37(13-8-22)18-21-14-25(17-26(15-21)35-30)33-29-32-10-6-27(23)34-29;1-2/h4-6,10,14-17,22,28,31,35,38H,3,7-9,11-13,18-19H2,1-2H3,(H,32,33,34);1-2H3. The number of nitrogens with one attached hydrogen (secondary N) is 3. The second-order valence-electron chi connectivity index (χ2n) is 10.6. The number of hydrogen-bond donors (Lipinski definition) is 4. The van der Waals surface area contributed by atoms with Gasteiger partial charge in [0.15, 0.2) is 0 Å². The summed E-state index contributed by atoms with van der Waals surface area (Å²) in [5.41, 5.74) is 8.25. The van der Waals surface area contributed by atoms with E-state index < -0.39 is 6.23 Å². The Balaban J connectivity index is 0.00000181. The summed E-state index contributed by atoms with van der Waals surface area (Å²) in [4.78, 5) is 13.9. The average molecular weight is 550 g/mol. The molecule has 3 aromatic rings. The number of aliphatic hydroxyl groups excluding tert-OH is 1. The molecular weight excluding hydrogens is 505 g/mol. The first kappa shape index (κ1) is 29.9. The van der Waals surface area contributed by atoms with Gasteiger partial charge >= 0.3 is 0 Å². The number of anilines is 3. The van der Waals surface area contributed by atoms with Crippen molar-refractivity contribution in [2.45, 2.75) is 59.4 Å². The average Bonchev–Trinajstić information content (AvgIpc) is 2.97. The van der Waals surface area contributed by atoms with Gasteiger partial charge in [0.25, 0.3) is 0 Å². The van der Waals surface area contributed by atoms with Gasteiger partial charge in [0.2, 0.25) is 5.95 Å². The molecule has 1 aromatic heterocycles. The molecule has 0 amide bonds. The number of nitrogens with zero attached hydrogens (tertiary/aromatic N) is 4. The molecule has 8 nitrogen and oxygen atoms in total. The van der Waals surface area contributed by atoms with Crippen molar-refractivity contribution in [2.24, 2.45) is 5.92 Å². The molecule has 0 aliphatic carbocycles. The number of hydrogen-bond acceptors (Lipinski definition) is 8. The van der Waals surface area contributed by atoms with Gasteiger partial charge in [-0.15, -0.1) is 4.48 Å². The van der Waals surface area contributed by atoms with Gasteiger partial charge in [0.05, 0.1) is 11.4 Å². The van der Waals surface area contributed by atoms with E-state index in [1.807, 2.05) is 32.0 Å². The zero-order chi connectivity index (χ0) is 28.5. The number of piperidine rings is 1. The molecule has 0 radical (unpaired) electrons. The van der Waals surface area contributed by atoms with Gasteiger partial charge in [-0.3, -0.25) is 10.2 Å². The van der Waals surface area contributed by atoms with Gasteiger partial charge in [0, 0.05) is 36.5 Å². The molecule has 9 heteroatoms. The number of aryl methyl sites for hydroxylation is 1. The summed E-state index contributed by atoms with van der Waals surface area (Å²) in [6, 6.07) is 13.9. The third-order valence-corrected chi connectivity index (χ3v) is 7.65. The Morgan fingerprint density at radius 3 is 2.60 bits per heavy atom. The van der Waals surface area contributed by atoms with E-state index >= 15 is 0 Å². The van der Waals surface area contributed by atoms with E-state index in [-0.39, 0.29) is 5.92 Å². The minimum Gasteiger partial charge on any atom is -0.378 e. The van der Waals surface area contributed by atoms with E-state index in [0.717, 1.165) is 74.5 Å². The summed E-state index contributed by atoms with van der Waals surface area (Å²) >= 11 is 0. The summed E-state index contributed by atoms with van der Waals surface area (Å²) in [6.07, 6.45) is 4.09. The molecule has 1 unspecified atom stereocenters. The van der Waals surface area contributed by atoms with Crippen LogP contribution >= 0.6 is 0 Å². The van der Waals surface area contributed by atoms with E-state index in [4.69, 9.17) is 4.98 Å². The smallest absolute Gasteiger partial charge is 0.227 e. The summed E-state index contributed by atoms with van der Waals surface area (Å²) < 4.78 is 13.5. The van der Waals surface area contributed by atoms with Crippen LogP contribution in [-0.2, 0) is 13.1 Å². The summed E-state index contributed by atoms with van der Waals surface area (Å²) in [6.45, 7) is 11.2. The topological polar surface area (TPSA) is 88.6 Å². The molecular formula is C31H44FN7O. The van der Waals surface area contributed by atoms with Crippen LogP contribution in [-0.4, -0.2) is 64.3 Å². The van der Waals surface area contributed by atoms with Gasteiger partial charge in [-0.2, -0.15) is 0 Å². The molecule has 1 saturated heterocycles. The Labute approximate surface area is 238 Å². The summed E-state index contributed by atoms with van der Waals surface area (Å²) in [7, 11) is 2.14. The van der Waals surface area contributed by atoms with Crippen molar-refractivity contribution >= 4 is 17.3 Å². The number of halogens is 1. The van der Waals surface area contributed by atoms with Crippen LogP contribution in [0.25, 0.3) is 11.3 Å². The minimum atomic E-state index is -0.483. The molecule has 4 N–H and O–H groups in total. The Morgan fingerprint density at radius 1 is 1.02 bits per heavy atom. The van der Waals surface area contributed by atoms with Gasteiger partial charge in [-0.25, -0.2) is 15.5 Å². The van der Waals surface area contributed by atoms with Crippen molar-refractivity contribution in [3.8, 4) is 11.3 Å². The molecule has 3 aliphatic heterocycles. The van der Waals surface area contributed by atoms with E-state index in [0.29, 0.717) is 18.2 Å². The molecule has 6 rings (SSSR count). The maximum atomic E-state index is 13.5. The molecule has 216 valence electrons. The van der Waals surface area contributed by atoms with E-state index in [9.17, 15) is 9.59 Å². The number of fused-ring (bicyclic) bond motifs is 8. The summed E-state index contributed by atoms with van der Waals surface area (Å²) in [5.74, 6) is 0.709. The van der Waals surface area contributed by atoms with E-state index in [1.165, 1.54) is 11.1 Å². The van der Waals surface area contributed by atoms with Crippen molar-refractivity contribution < 1.29 is 9.59 Å². The van der Waals surface area contributed by atoms with Crippen LogP contribution in [0.1, 0.15) is 49.8 Å². The van der Waals surface area contributed by atoms with E-state index in [1.54, 1.807) is 17.8 Å². The SMILES string of the molecule is CC.Cc1ccc2cc1CN(C)CCCNC(O)C1CCN(CC1)Cc1cc(NF)cc(c1)Nc1nccc-2n1. The number of benzene rings is 2. The first-order valence-corrected chi connectivity index (χ1v) is 14.5. The lowest BCUT2D eigenvalue weighted by atomic mass is 9.94. The van der Waals surface area contributed by atoms with E-state index in [2.05, 4.69) is 57.6 Å². The summed E-state index contributed by atoms with van der Waals surface area (Å²) in [5, 5.41) is 17.4. The van der Waals surface area contributed by atoms with Crippen LogP contribution in [0.3, 0.4) is 0 Å². The minimum absolute atomic E-state index is 0.243. The van der Waals surface area contributed by atoms with Crippen LogP contribution < -0.4 is 16.2 Å². The van der Waals surface area contributed by atoms with Crippen molar-refractivity contribution in [1.82, 2.24) is 25.1 Å². The molecule has 0 spiro atoms. The molecule has 8 bridgehead atoms. The Hall–Kier alpha value is -3.11. The Bertz CT molecular complexity index is 1230. The lowest BCUT2D eigenvalue weighted by Crippen LogP contribution is -2.43. The quantitative estimate of drug-likeness (QED) is 0.297. The highest BCUT2D eigenvalue weighted by Crippen LogP contribution is 2.27. The third-order valence-electron chi connectivity index (χ3n) is 7.65. The van der Waals surface area contributed by atoms with Gasteiger partial charge in [-0.05, 0) is 106 Å². The second kappa shape index (κ2) is 14.5. The molecule has 1 atom stereocenters. The zero-order valence-electron chi connectivity index (χ0n) is 24.3. The van der Waals surface area contributed by atoms with Crippen LogP contribution in [0.4, 0.5) is 21.8 Å². The molecule has 3 aliphatic rings. The largest absolute Gasteiger partial charge is 0.378 e. The van der Waals surface area contributed by atoms with Crippen molar-refractivity contribution in [3.63, 3.8) is 0 Å². The van der Waals surface area contributed by atoms with Crippen LogP contribution in [0.15, 0.2) is 48.7 Å². The lowest BCUT2D eigenvalue weighted by Gasteiger charge is -2.34. The fourth-order valence-corrected chi connectivity index (χ4v) is 5.44. The van der Waals surface area contributed by atoms with Crippen molar-refractivity contribution in [3.05, 3.63) is 65.4 Å². The fourth-order valence-electron chi connectivity index (χ4n) is 5.44.